The number of carbonyl (C=O) groups excluding carboxylic acids is 1. The summed E-state index contributed by atoms with van der Waals surface area (Å²) in [6.45, 7) is 6.97. The number of piperidine rings is 1. The molecule has 3 atom stereocenters. The summed E-state index contributed by atoms with van der Waals surface area (Å²) in [5.41, 5.74) is 2.28. The van der Waals surface area contributed by atoms with E-state index in [1.54, 1.807) is 31.8 Å². The van der Waals surface area contributed by atoms with Crippen molar-refractivity contribution in [3.63, 3.8) is 0 Å². The maximum Gasteiger partial charge on any atom is 0.244 e. The van der Waals surface area contributed by atoms with Crippen LogP contribution in [0.2, 0.25) is 0 Å². The number of benzene rings is 1. The first-order chi connectivity index (χ1) is 15.1. The zero-order valence-corrected chi connectivity index (χ0v) is 18.3. The van der Waals surface area contributed by atoms with E-state index in [0.717, 1.165) is 56.6 Å². The number of likely N-dealkylation sites (tertiary alicyclic amines) is 1. The Hall–Kier alpha value is -2.79. The van der Waals surface area contributed by atoms with Crippen molar-refractivity contribution in [2.45, 2.75) is 37.1 Å². The number of rotatable bonds is 7. The van der Waals surface area contributed by atoms with Crippen LogP contribution in [-0.2, 0) is 10.2 Å². The van der Waals surface area contributed by atoms with Gasteiger partial charge in [-0.1, -0.05) is 18.2 Å². The van der Waals surface area contributed by atoms with Gasteiger partial charge in [-0.25, -0.2) is 0 Å². The van der Waals surface area contributed by atoms with E-state index in [4.69, 9.17) is 9.15 Å². The van der Waals surface area contributed by atoms with Gasteiger partial charge < -0.3 is 14.5 Å². The Kier molecular flexibility index (Phi) is 6.62. The van der Waals surface area contributed by atoms with Crippen molar-refractivity contribution in [1.82, 2.24) is 10.2 Å². The van der Waals surface area contributed by atoms with E-state index in [0.29, 0.717) is 5.92 Å². The standard InChI is InChI=1S/C26H32N2O3/c1-3-13-28-14-12-26(21-5-4-6-24(16-21)30-2)17-23(9-8-22(26)18-28)27-25(29)10-7-20-11-15-31-19-20/h3-7,10-11,15-16,19,22-23H,1,8-9,12-14,17-18H2,2H3,(H,27,29)/t22-,23-,26+/m1/s1. The average molecular weight is 421 g/mol. The van der Waals surface area contributed by atoms with Crippen LogP contribution in [0.1, 0.15) is 36.8 Å². The van der Waals surface area contributed by atoms with Gasteiger partial charge in [0.1, 0.15) is 5.75 Å². The molecule has 4 rings (SSSR count). The maximum atomic E-state index is 12.6. The molecule has 1 saturated carbocycles. The lowest BCUT2D eigenvalue weighted by molar-refractivity contribution is -0.117. The summed E-state index contributed by atoms with van der Waals surface area (Å²) in [6, 6.07) is 10.5. The monoisotopic (exact) mass is 420 g/mol. The molecule has 5 nitrogen and oxygen atoms in total. The topological polar surface area (TPSA) is 54.7 Å². The predicted octanol–water partition coefficient (Wildman–Crippen LogP) is 4.42. The van der Waals surface area contributed by atoms with Crippen LogP contribution in [0.3, 0.4) is 0 Å². The number of methoxy groups -OCH3 is 1. The minimum atomic E-state index is -0.0467. The van der Waals surface area contributed by atoms with Crippen molar-refractivity contribution in [2.24, 2.45) is 5.92 Å². The van der Waals surface area contributed by atoms with Gasteiger partial charge in [0.25, 0.3) is 0 Å². The molecule has 1 N–H and O–H groups in total. The van der Waals surface area contributed by atoms with Crippen LogP contribution in [0.15, 0.2) is 66.0 Å². The predicted molar refractivity (Wildman–Crippen MR) is 123 cm³/mol. The summed E-state index contributed by atoms with van der Waals surface area (Å²) in [5, 5.41) is 3.26. The molecular formula is C26H32N2O3. The van der Waals surface area contributed by atoms with Gasteiger partial charge in [0, 0.05) is 36.2 Å². The summed E-state index contributed by atoms with van der Waals surface area (Å²) in [4.78, 5) is 15.1. The number of hydrogen-bond donors (Lipinski definition) is 1. The lowest BCUT2D eigenvalue weighted by Gasteiger charge is -2.53. The summed E-state index contributed by atoms with van der Waals surface area (Å²) in [7, 11) is 1.72. The van der Waals surface area contributed by atoms with E-state index < -0.39 is 0 Å². The van der Waals surface area contributed by atoms with Gasteiger partial charge in [-0.3, -0.25) is 9.69 Å². The molecule has 2 aromatic rings. The van der Waals surface area contributed by atoms with Crippen molar-refractivity contribution in [3.8, 4) is 5.75 Å². The number of nitrogens with zero attached hydrogens (tertiary/aromatic N) is 1. The van der Waals surface area contributed by atoms with Crippen LogP contribution < -0.4 is 10.1 Å². The third-order valence-corrected chi connectivity index (χ3v) is 6.96. The van der Waals surface area contributed by atoms with E-state index in [1.165, 1.54) is 5.56 Å². The van der Waals surface area contributed by atoms with Crippen molar-refractivity contribution >= 4 is 12.0 Å². The van der Waals surface area contributed by atoms with E-state index in [1.807, 2.05) is 18.2 Å². The van der Waals surface area contributed by atoms with Gasteiger partial charge in [0.15, 0.2) is 0 Å². The molecule has 0 bridgehead atoms. The third kappa shape index (κ3) is 4.77. The molecule has 1 aromatic heterocycles. The second-order valence-corrected chi connectivity index (χ2v) is 8.76. The summed E-state index contributed by atoms with van der Waals surface area (Å²) in [6.07, 6.45) is 12.8. The Morgan fingerprint density at radius 3 is 3.06 bits per heavy atom. The first-order valence-corrected chi connectivity index (χ1v) is 11.1. The minimum absolute atomic E-state index is 0.0467. The summed E-state index contributed by atoms with van der Waals surface area (Å²) < 4.78 is 10.6. The highest BCUT2D eigenvalue weighted by atomic mass is 16.5. The largest absolute Gasteiger partial charge is 0.497 e. The Balaban J connectivity index is 1.53. The number of ether oxygens (including phenoxy) is 1. The zero-order valence-electron chi connectivity index (χ0n) is 18.3. The molecule has 31 heavy (non-hydrogen) atoms. The number of fused-ring (bicyclic) bond motifs is 1. The van der Waals surface area contributed by atoms with Gasteiger partial charge >= 0.3 is 0 Å². The van der Waals surface area contributed by atoms with Crippen LogP contribution in [0.25, 0.3) is 6.08 Å². The van der Waals surface area contributed by atoms with Crippen LogP contribution in [0.4, 0.5) is 0 Å². The molecular weight excluding hydrogens is 388 g/mol. The summed E-state index contributed by atoms with van der Waals surface area (Å²) in [5.74, 6) is 1.41. The van der Waals surface area contributed by atoms with Gasteiger partial charge in [-0.15, -0.1) is 6.58 Å². The lowest BCUT2D eigenvalue weighted by Crippen LogP contribution is -2.56. The van der Waals surface area contributed by atoms with Crippen molar-refractivity contribution in [1.29, 1.82) is 0 Å². The highest BCUT2D eigenvalue weighted by molar-refractivity contribution is 5.91. The Bertz CT molecular complexity index is 920. The molecule has 0 radical (unpaired) electrons. The number of amides is 1. The average Bonchev–Trinajstić information content (AvgIpc) is 3.32. The quantitative estimate of drug-likeness (QED) is 0.532. The van der Waals surface area contributed by atoms with Gasteiger partial charge in [0.2, 0.25) is 5.91 Å². The van der Waals surface area contributed by atoms with Crippen molar-refractivity contribution < 1.29 is 13.9 Å². The van der Waals surface area contributed by atoms with E-state index in [-0.39, 0.29) is 17.4 Å². The highest BCUT2D eigenvalue weighted by Gasteiger charge is 2.48. The Morgan fingerprint density at radius 2 is 2.29 bits per heavy atom. The summed E-state index contributed by atoms with van der Waals surface area (Å²) >= 11 is 0. The number of nitrogens with one attached hydrogen (secondary N) is 1. The first-order valence-electron chi connectivity index (χ1n) is 11.1. The number of furan rings is 1. The lowest BCUT2D eigenvalue weighted by atomic mass is 9.58. The minimum Gasteiger partial charge on any atom is -0.497 e. The second-order valence-electron chi connectivity index (χ2n) is 8.76. The molecule has 1 aliphatic heterocycles. The molecule has 1 amide bonds. The molecule has 2 fully saturated rings. The fourth-order valence-corrected chi connectivity index (χ4v) is 5.41. The molecule has 1 aliphatic carbocycles. The Labute approximate surface area is 184 Å². The number of hydrogen-bond acceptors (Lipinski definition) is 4. The molecule has 0 spiro atoms. The van der Waals surface area contributed by atoms with Gasteiger partial charge in [-0.2, -0.15) is 0 Å². The van der Waals surface area contributed by atoms with E-state index >= 15 is 0 Å². The molecule has 2 heterocycles. The van der Waals surface area contributed by atoms with E-state index in [9.17, 15) is 4.79 Å². The fraction of sp³-hybridized carbons (Fsp3) is 0.423. The van der Waals surface area contributed by atoms with Crippen LogP contribution >= 0.6 is 0 Å². The second kappa shape index (κ2) is 9.56. The van der Waals surface area contributed by atoms with Crippen LogP contribution in [0, 0.1) is 5.92 Å². The van der Waals surface area contributed by atoms with Crippen molar-refractivity contribution in [2.75, 3.05) is 26.7 Å². The Morgan fingerprint density at radius 1 is 1.39 bits per heavy atom. The van der Waals surface area contributed by atoms with Crippen LogP contribution in [0.5, 0.6) is 5.75 Å². The molecule has 0 unspecified atom stereocenters. The van der Waals surface area contributed by atoms with Crippen molar-refractivity contribution in [3.05, 3.63) is 72.7 Å². The third-order valence-electron chi connectivity index (χ3n) is 6.96. The highest BCUT2D eigenvalue weighted by Crippen LogP contribution is 2.49. The van der Waals surface area contributed by atoms with Gasteiger partial charge in [-0.05, 0) is 68.0 Å². The van der Waals surface area contributed by atoms with Gasteiger partial charge in [0.05, 0.1) is 19.6 Å². The molecule has 164 valence electrons. The molecule has 5 heteroatoms. The molecule has 2 aliphatic rings. The maximum absolute atomic E-state index is 12.6. The zero-order chi connectivity index (χ0) is 21.7. The normalized spacial score (nSPS) is 26.4. The smallest absolute Gasteiger partial charge is 0.244 e. The van der Waals surface area contributed by atoms with E-state index in [2.05, 4.69) is 35.0 Å². The van der Waals surface area contributed by atoms with Crippen LogP contribution in [-0.4, -0.2) is 43.6 Å². The molecule has 1 saturated heterocycles. The fourth-order valence-electron chi connectivity index (χ4n) is 5.41. The first kappa shape index (κ1) is 21.4. The molecule has 1 aromatic carbocycles. The number of carbonyl (C=O) groups is 1. The SMILES string of the molecule is C=CCN1CC[C@@]2(c3cccc(OC)c3)C[C@H](NC(=O)C=Cc3ccoc3)CC[C@@H]2C1.